The molecule has 3 heterocycles. The molecule has 1 saturated heterocycles. The van der Waals surface area contributed by atoms with E-state index in [1.54, 1.807) is 11.1 Å². The Morgan fingerprint density at radius 2 is 2.25 bits per heavy atom. The van der Waals surface area contributed by atoms with Crippen molar-refractivity contribution in [3.05, 3.63) is 34.4 Å². The van der Waals surface area contributed by atoms with Gasteiger partial charge in [-0.25, -0.2) is 0 Å². The molecule has 7 heteroatoms. The second-order valence-electron chi connectivity index (χ2n) is 5.87. The van der Waals surface area contributed by atoms with Gasteiger partial charge in [0.05, 0.1) is 15.8 Å². The lowest BCUT2D eigenvalue weighted by Gasteiger charge is -2.32. The molecule has 2 N–H and O–H groups in total. The number of likely N-dealkylation sites (tertiary alicyclic amines) is 1. The van der Waals surface area contributed by atoms with Crippen molar-refractivity contribution in [3.8, 4) is 10.4 Å². The molecule has 0 unspecified atom stereocenters. The lowest BCUT2D eigenvalue weighted by Crippen LogP contribution is -2.45. The smallest absolute Gasteiger partial charge is 0.256 e. The Morgan fingerprint density at radius 3 is 2.96 bits per heavy atom. The minimum Gasteiger partial charge on any atom is -0.366 e. The number of piperidine rings is 1. The van der Waals surface area contributed by atoms with Crippen LogP contribution in [-0.4, -0.2) is 41.3 Å². The van der Waals surface area contributed by atoms with E-state index in [9.17, 15) is 9.59 Å². The van der Waals surface area contributed by atoms with Gasteiger partial charge in [0.1, 0.15) is 0 Å². The molecular weight excluding hydrogens is 346 g/mol. The number of hydrogen-bond donors (Lipinski definition) is 2. The zero-order valence-corrected chi connectivity index (χ0v) is 15.0. The molecule has 0 radical (unpaired) electrons. The first-order chi connectivity index (χ1) is 11.6. The van der Waals surface area contributed by atoms with E-state index in [-0.39, 0.29) is 17.7 Å². The summed E-state index contributed by atoms with van der Waals surface area (Å²) in [6.07, 6.45) is 5.22. The summed E-state index contributed by atoms with van der Waals surface area (Å²) in [5.41, 5.74) is 1.49. The molecule has 0 aromatic carbocycles. The molecule has 1 aliphatic rings. The first-order valence-electron chi connectivity index (χ1n) is 8.09. The Labute approximate surface area is 150 Å². The number of rotatable bonds is 4. The highest BCUT2D eigenvalue weighted by molar-refractivity contribution is 7.19. The lowest BCUT2D eigenvalue weighted by atomic mass is 9.96. The third-order valence-electron chi connectivity index (χ3n) is 4.24. The Kier molecular flexibility index (Phi) is 5.26. The van der Waals surface area contributed by atoms with E-state index in [1.807, 2.05) is 25.3 Å². The van der Waals surface area contributed by atoms with E-state index >= 15 is 0 Å². The number of halogens is 1. The predicted octanol–water partition coefficient (Wildman–Crippen LogP) is 3.38. The van der Waals surface area contributed by atoms with Gasteiger partial charge in [0, 0.05) is 42.5 Å². The highest BCUT2D eigenvalue weighted by Gasteiger charge is 2.30. The van der Waals surface area contributed by atoms with Crippen molar-refractivity contribution >= 4 is 34.8 Å². The summed E-state index contributed by atoms with van der Waals surface area (Å²) >= 11 is 7.46. The van der Waals surface area contributed by atoms with Gasteiger partial charge >= 0.3 is 0 Å². The third kappa shape index (κ3) is 3.49. The Morgan fingerprint density at radius 1 is 1.42 bits per heavy atom. The highest BCUT2D eigenvalue weighted by atomic mass is 35.5. The number of amides is 2. The van der Waals surface area contributed by atoms with Crippen molar-refractivity contribution in [1.29, 1.82) is 0 Å². The van der Waals surface area contributed by atoms with Crippen LogP contribution in [0.15, 0.2) is 24.5 Å². The summed E-state index contributed by atoms with van der Waals surface area (Å²) in [5.74, 6) is -0.125. The van der Waals surface area contributed by atoms with Gasteiger partial charge in [0.2, 0.25) is 5.91 Å². The van der Waals surface area contributed by atoms with Crippen LogP contribution in [0.25, 0.3) is 10.4 Å². The average molecular weight is 366 g/mol. The number of thiophene rings is 1. The average Bonchev–Trinajstić information content (AvgIpc) is 3.23. The van der Waals surface area contributed by atoms with Crippen molar-refractivity contribution in [2.45, 2.75) is 19.8 Å². The lowest BCUT2D eigenvalue weighted by molar-refractivity contribution is -0.126. The van der Waals surface area contributed by atoms with Crippen LogP contribution in [0.1, 0.15) is 30.1 Å². The van der Waals surface area contributed by atoms with Gasteiger partial charge in [-0.05, 0) is 31.9 Å². The summed E-state index contributed by atoms with van der Waals surface area (Å²) in [7, 11) is 0. The van der Waals surface area contributed by atoms with E-state index in [0.717, 1.165) is 23.3 Å². The first-order valence-corrected chi connectivity index (χ1v) is 9.29. The fraction of sp³-hybridized carbons (Fsp3) is 0.412. The number of hydrogen-bond acceptors (Lipinski definition) is 3. The zero-order valence-electron chi connectivity index (χ0n) is 13.5. The van der Waals surface area contributed by atoms with Gasteiger partial charge in [-0.2, -0.15) is 0 Å². The van der Waals surface area contributed by atoms with Crippen LogP contribution < -0.4 is 5.32 Å². The van der Waals surface area contributed by atoms with E-state index in [2.05, 4.69) is 10.3 Å². The fourth-order valence-corrected chi connectivity index (χ4v) is 4.14. The minimum absolute atomic E-state index is 0.0364. The summed E-state index contributed by atoms with van der Waals surface area (Å²) in [6.45, 7) is 3.68. The van der Waals surface area contributed by atoms with Crippen LogP contribution in [0.3, 0.4) is 0 Å². The van der Waals surface area contributed by atoms with Crippen LogP contribution in [0, 0.1) is 5.92 Å². The van der Waals surface area contributed by atoms with Crippen LogP contribution in [-0.2, 0) is 4.79 Å². The Hall–Kier alpha value is -1.79. The maximum Gasteiger partial charge on any atom is 0.256 e. The summed E-state index contributed by atoms with van der Waals surface area (Å²) in [4.78, 5) is 30.8. The molecule has 1 aliphatic heterocycles. The van der Waals surface area contributed by atoms with Gasteiger partial charge in [0.25, 0.3) is 5.91 Å². The second kappa shape index (κ2) is 7.40. The molecule has 2 aromatic rings. The predicted molar refractivity (Wildman–Crippen MR) is 96.4 cm³/mol. The Bertz CT molecular complexity index is 740. The molecule has 2 amide bonds. The largest absolute Gasteiger partial charge is 0.366 e. The number of nitrogens with one attached hydrogen (secondary N) is 2. The molecule has 2 aromatic heterocycles. The maximum atomic E-state index is 12.9. The highest BCUT2D eigenvalue weighted by Crippen LogP contribution is 2.34. The molecule has 24 heavy (non-hydrogen) atoms. The first kappa shape index (κ1) is 17.0. The molecule has 0 aliphatic carbocycles. The van der Waals surface area contributed by atoms with Crippen molar-refractivity contribution in [2.24, 2.45) is 5.92 Å². The Balaban J connectivity index is 1.77. The van der Waals surface area contributed by atoms with Crippen molar-refractivity contribution in [2.75, 3.05) is 19.6 Å². The van der Waals surface area contributed by atoms with Crippen molar-refractivity contribution in [1.82, 2.24) is 15.2 Å². The maximum absolute atomic E-state index is 12.9. The third-order valence-corrected chi connectivity index (χ3v) is 5.51. The minimum atomic E-state index is -0.124. The fourth-order valence-electron chi connectivity index (χ4n) is 3.07. The van der Waals surface area contributed by atoms with Gasteiger partial charge in [-0.3, -0.25) is 9.59 Å². The number of carbonyl (C=O) groups is 2. The van der Waals surface area contributed by atoms with Crippen LogP contribution in [0.5, 0.6) is 0 Å². The number of H-pyrrole nitrogens is 1. The number of aromatic nitrogens is 1. The van der Waals surface area contributed by atoms with Gasteiger partial charge < -0.3 is 15.2 Å². The molecule has 5 nitrogen and oxygen atoms in total. The monoisotopic (exact) mass is 365 g/mol. The van der Waals surface area contributed by atoms with Gasteiger partial charge in [-0.15, -0.1) is 11.3 Å². The normalized spacial score (nSPS) is 17.8. The van der Waals surface area contributed by atoms with Crippen LogP contribution in [0.2, 0.25) is 4.34 Å². The molecule has 128 valence electrons. The number of nitrogens with zero attached hydrogens (tertiary/aromatic N) is 1. The zero-order chi connectivity index (χ0) is 17.1. The standard InChI is InChI=1S/C17H20ClN3O2S/c1-2-20-16(22)11-4-3-7-21(10-11)17(23)13-9-19-8-12(13)14-5-6-15(18)24-14/h5-6,8-9,11,19H,2-4,7,10H2,1H3,(H,20,22)/t11-/m1/s1. The molecule has 1 fully saturated rings. The van der Waals surface area contributed by atoms with E-state index in [1.165, 1.54) is 11.3 Å². The number of carbonyl (C=O) groups excluding carboxylic acids is 2. The van der Waals surface area contributed by atoms with Crippen molar-refractivity contribution in [3.63, 3.8) is 0 Å². The molecule has 0 saturated carbocycles. The topological polar surface area (TPSA) is 65.2 Å². The van der Waals surface area contributed by atoms with Crippen molar-refractivity contribution < 1.29 is 9.59 Å². The van der Waals surface area contributed by atoms with E-state index in [0.29, 0.717) is 29.5 Å². The molecule has 0 spiro atoms. The van der Waals surface area contributed by atoms with Crippen LogP contribution >= 0.6 is 22.9 Å². The molecule has 0 bridgehead atoms. The number of aromatic amines is 1. The molecular formula is C17H20ClN3O2S. The SMILES string of the molecule is CCNC(=O)[C@@H]1CCCN(C(=O)c2c[nH]cc2-c2ccc(Cl)s2)C1. The van der Waals surface area contributed by atoms with Gasteiger partial charge in [0.15, 0.2) is 0 Å². The summed E-state index contributed by atoms with van der Waals surface area (Å²) in [6, 6.07) is 3.75. The van der Waals surface area contributed by atoms with Crippen LogP contribution in [0.4, 0.5) is 0 Å². The summed E-state index contributed by atoms with van der Waals surface area (Å²) < 4.78 is 0.693. The second-order valence-corrected chi connectivity index (χ2v) is 7.59. The summed E-state index contributed by atoms with van der Waals surface area (Å²) in [5, 5.41) is 2.85. The quantitative estimate of drug-likeness (QED) is 0.872. The van der Waals surface area contributed by atoms with E-state index in [4.69, 9.17) is 11.6 Å². The molecule has 3 rings (SSSR count). The molecule has 1 atom stereocenters. The van der Waals surface area contributed by atoms with Gasteiger partial charge in [-0.1, -0.05) is 11.6 Å². The van der Waals surface area contributed by atoms with E-state index < -0.39 is 0 Å².